The summed E-state index contributed by atoms with van der Waals surface area (Å²) in [5, 5.41) is 8.90. The molecular weight excluding hydrogens is 266 g/mol. The molecule has 1 saturated heterocycles. The van der Waals surface area contributed by atoms with E-state index in [4.69, 9.17) is 9.84 Å². The number of carbonyl (C=O) groups is 2. The van der Waals surface area contributed by atoms with Crippen LogP contribution in [0.2, 0.25) is 0 Å². The van der Waals surface area contributed by atoms with Gasteiger partial charge >= 0.3 is 5.97 Å². The minimum Gasteiger partial charge on any atom is -0.497 e. The summed E-state index contributed by atoms with van der Waals surface area (Å²) in [5.41, 5.74) is 0.878. The monoisotopic (exact) mass is 281 g/mol. The molecule has 1 heterocycles. The van der Waals surface area contributed by atoms with Crippen molar-refractivity contribution in [3.05, 3.63) is 29.8 Å². The molecule has 2 atom stereocenters. The number of carboxylic acid groups (broad SMARTS) is 1. The quantitative estimate of drug-likeness (QED) is 0.914. The SMILES string of the molecule is COc1cccc(C2SCC(C(=O)O)N2C(C)=O)c1. The fourth-order valence-electron chi connectivity index (χ4n) is 2.13. The first-order valence-corrected chi connectivity index (χ1v) is 6.86. The number of hydrogen-bond donors (Lipinski definition) is 1. The van der Waals surface area contributed by atoms with Gasteiger partial charge in [0, 0.05) is 12.7 Å². The van der Waals surface area contributed by atoms with Crippen LogP contribution in [0, 0.1) is 0 Å². The minimum atomic E-state index is -0.965. The van der Waals surface area contributed by atoms with Gasteiger partial charge in [-0.25, -0.2) is 4.79 Å². The van der Waals surface area contributed by atoms with Crippen molar-refractivity contribution >= 4 is 23.6 Å². The number of rotatable bonds is 3. The Morgan fingerprint density at radius 2 is 2.21 bits per heavy atom. The van der Waals surface area contributed by atoms with Crippen LogP contribution in [0.15, 0.2) is 24.3 Å². The lowest BCUT2D eigenvalue weighted by atomic mass is 10.1. The van der Waals surface area contributed by atoms with Gasteiger partial charge in [-0.15, -0.1) is 11.8 Å². The normalized spacial score (nSPS) is 22.3. The highest BCUT2D eigenvalue weighted by Crippen LogP contribution is 2.42. The third kappa shape index (κ3) is 2.68. The molecule has 1 aromatic carbocycles. The van der Waals surface area contributed by atoms with Gasteiger partial charge in [-0.2, -0.15) is 0 Å². The van der Waals surface area contributed by atoms with Crippen LogP contribution in [0.5, 0.6) is 5.75 Å². The highest BCUT2D eigenvalue weighted by molar-refractivity contribution is 7.99. The van der Waals surface area contributed by atoms with E-state index in [1.54, 1.807) is 7.11 Å². The van der Waals surface area contributed by atoms with Gasteiger partial charge in [0.1, 0.15) is 17.2 Å². The maximum absolute atomic E-state index is 11.7. The van der Waals surface area contributed by atoms with Gasteiger partial charge in [0.05, 0.1) is 7.11 Å². The van der Waals surface area contributed by atoms with Crippen LogP contribution in [0.25, 0.3) is 0 Å². The zero-order chi connectivity index (χ0) is 14.0. The molecule has 2 unspecified atom stereocenters. The third-order valence-electron chi connectivity index (χ3n) is 3.03. The number of amides is 1. The van der Waals surface area contributed by atoms with E-state index >= 15 is 0 Å². The molecule has 0 aliphatic carbocycles. The number of aliphatic carboxylic acids is 1. The third-order valence-corrected chi connectivity index (χ3v) is 4.35. The predicted molar refractivity (Wildman–Crippen MR) is 72.1 cm³/mol. The van der Waals surface area contributed by atoms with Crippen molar-refractivity contribution in [2.75, 3.05) is 12.9 Å². The lowest BCUT2D eigenvalue weighted by molar-refractivity contribution is -0.148. The standard InChI is InChI=1S/C13H15NO4S/c1-8(15)14-11(13(16)17)7-19-12(14)9-4-3-5-10(6-9)18-2/h3-6,11-12H,7H2,1-2H3,(H,16,17). The Bertz CT molecular complexity index is 505. The van der Waals surface area contributed by atoms with Crippen LogP contribution >= 0.6 is 11.8 Å². The lowest BCUT2D eigenvalue weighted by Crippen LogP contribution is -2.41. The number of ether oxygens (including phenoxy) is 1. The van der Waals surface area contributed by atoms with Crippen molar-refractivity contribution < 1.29 is 19.4 Å². The number of thioether (sulfide) groups is 1. The van der Waals surface area contributed by atoms with Crippen molar-refractivity contribution in [2.45, 2.75) is 18.3 Å². The molecule has 0 saturated carbocycles. The molecule has 0 radical (unpaired) electrons. The summed E-state index contributed by atoms with van der Waals surface area (Å²) in [6.45, 7) is 1.40. The Labute approximate surface area is 115 Å². The van der Waals surface area contributed by atoms with Gasteiger partial charge in [0.2, 0.25) is 5.91 Å². The van der Waals surface area contributed by atoms with Crippen molar-refractivity contribution in [1.82, 2.24) is 4.90 Å². The number of methoxy groups -OCH3 is 1. The van der Waals surface area contributed by atoms with E-state index in [-0.39, 0.29) is 11.3 Å². The molecule has 19 heavy (non-hydrogen) atoms. The number of carbonyl (C=O) groups excluding carboxylic acids is 1. The van der Waals surface area contributed by atoms with E-state index < -0.39 is 12.0 Å². The average Bonchev–Trinajstić information content (AvgIpc) is 2.83. The van der Waals surface area contributed by atoms with Crippen LogP contribution in [0.1, 0.15) is 17.9 Å². The Hall–Kier alpha value is -1.69. The summed E-state index contributed by atoms with van der Waals surface area (Å²) in [7, 11) is 1.57. The van der Waals surface area contributed by atoms with Crippen LogP contribution in [0.3, 0.4) is 0 Å². The molecule has 1 aliphatic heterocycles. The first kappa shape index (κ1) is 13.7. The summed E-state index contributed by atoms with van der Waals surface area (Å²) < 4.78 is 5.16. The molecule has 1 fully saturated rings. The van der Waals surface area contributed by atoms with Crippen molar-refractivity contribution in [1.29, 1.82) is 0 Å². The Balaban J connectivity index is 2.33. The van der Waals surface area contributed by atoms with Gasteiger partial charge in [-0.1, -0.05) is 12.1 Å². The molecule has 0 bridgehead atoms. The molecule has 1 N–H and O–H groups in total. The first-order chi connectivity index (χ1) is 9.04. The predicted octanol–water partition coefficient (Wildman–Crippen LogP) is 1.74. The lowest BCUT2D eigenvalue weighted by Gasteiger charge is -2.26. The van der Waals surface area contributed by atoms with Crippen LogP contribution in [-0.4, -0.2) is 40.8 Å². The molecule has 0 spiro atoms. The second-order valence-electron chi connectivity index (χ2n) is 4.24. The zero-order valence-electron chi connectivity index (χ0n) is 10.7. The van der Waals surface area contributed by atoms with Gasteiger partial charge in [0.15, 0.2) is 0 Å². The maximum atomic E-state index is 11.7. The van der Waals surface area contributed by atoms with Gasteiger partial charge in [0.25, 0.3) is 0 Å². The smallest absolute Gasteiger partial charge is 0.327 e. The molecule has 5 nitrogen and oxygen atoms in total. The van der Waals surface area contributed by atoms with Gasteiger partial charge in [-0.05, 0) is 17.7 Å². The summed E-state index contributed by atoms with van der Waals surface area (Å²) in [6.07, 6.45) is 0. The Morgan fingerprint density at radius 1 is 1.47 bits per heavy atom. The fraction of sp³-hybridized carbons (Fsp3) is 0.385. The summed E-state index contributed by atoms with van der Waals surface area (Å²) in [6, 6.07) is 6.59. The molecule has 1 amide bonds. The van der Waals surface area contributed by atoms with E-state index in [0.29, 0.717) is 11.5 Å². The Kier molecular flexibility index (Phi) is 3.99. The number of hydrogen-bond acceptors (Lipinski definition) is 4. The number of nitrogens with zero attached hydrogens (tertiary/aromatic N) is 1. The summed E-state index contributed by atoms with van der Waals surface area (Å²) in [5.74, 6) is -0.102. The second-order valence-corrected chi connectivity index (χ2v) is 5.36. The van der Waals surface area contributed by atoms with Crippen molar-refractivity contribution in [2.24, 2.45) is 0 Å². The van der Waals surface area contributed by atoms with Crippen molar-refractivity contribution in [3.8, 4) is 5.75 Å². The zero-order valence-corrected chi connectivity index (χ0v) is 11.5. The highest BCUT2D eigenvalue weighted by atomic mass is 32.2. The van der Waals surface area contributed by atoms with E-state index in [0.717, 1.165) is 5.56 Å². The molecular formula is C13H15NO4S. The largest absolute Gasteiger partial charge is 0.497 e. The van der Waals surface area contributed by atoms with E-state index in [9.17, 15) is 9.59 Å². The molecule has 0 aromatic heterocycles. The maximum Gasteiger partial charge on any atom is 0.327 e. The van der Waals surface area contributed by atoms with E-state index in [1.807, 2.05) is 24.3 Å². The van der Waals surface area contributed by atoms with Gasteiger partial charge in [-0.3, -0.25) is 4.79 Å². The van der Waals surface area contributed by atoms with E-state index in [1.165, 1.54) is 23.6 Å². The molecule has 2 rings (SSSR count). The topological polar surface area (TPSA) is 66.8 Å². The van der Waals surface area contributed by atoms with Crippen LogP contribution in [0.4, 0.5) is 0 Å². The first-order valence-electron chi connectivity index (χ1n) is 5.82. The van der Waals surface area contributed by atoms with Crippen molar-refractivity contribution in [3.63, 3.8) is 0 Å². The molecule has 1 aliphatic rings. The fourth-order valence-corrected chi connectivity index (χ4v) is 3.60. The number of benzene rings is 1. The van der Waals surface area contributed by atoms with Gasteiger partial charge < -0.3 is 14.7 Å². The molecule has 6 heteroatoms. The number of carboxylic acids is 1. The molecule has 1 aromatic rings. The molecule has 102 valence electrons. The van der Waals surface area contributed by atoms with Crippen LogP contribution in [-0.2, 0) is 9.59 Å². The highest BCUT2D eigenvalue weighted by Gasteiger charge is 2.40. The Morgan fingerprint density at radius 3 is 2.79 bits per heavy atom. The minimum absolute atomic E-state index is 0.231. The summed E-state index contributed by atoms with van der Waals surface area (Å²) in [4.78, 5) is 24.3. The van der Waals surface area contributed by atoms with E-state index in [2.05, 4.69) is 0 Å². The average molecular weight is 281 g/mol. The summed E-state index contributed by atoms with van der Waals surface area (Å²) >= 11 is 1.46. The second kappa shape index (κ2) is 5.52. The van der Waals surface area contributed by atoms with Crippen LogP contribution < -0.4 is 4.74 Å².